The molecule has 0 aliphatic heterocycles. The molecule has 0 unspecified atom stereocenters. The lowest BCUT2D eigenvalue weighted by molar-refractivity contribution is 0.445. The van der Waals surface area contributed by atoms with Crippen molar-refractivity contribution in [1.82, 2.24) is 0 Å². The van der Waals surface area contributed by atoms with Crippen LogP contribution >= 0.6 is 0 Å². The third-order valence-corrected chi connectivity index (χ3v) is 7.45. The van der Waals surface area contributed by atoms with E-state index in [9.17, 15) is 37.3 Å². The third-order valence-electron chi connectivity index (χ3n) is 3.89. The van der Waals surface area contributed by atoms with Gasteiger partial charge in [0.1, 0.15) is 32.8 Å². The first-order valence-electron chi connectivity index (χ1n) is 7.68. The zero-order chi connectivity index (χ0) is 20.7. The van der Waals surface area contributed by atoms with Gasteiger partial charge in [0.05, 0.1) is 9.79 Å². The summed E-state index contributed by atoms with van der Waals surface area (Å²) in [5.41, 5.74) is 0. The van der Waals surface area contributed by atoms with Crippen LogP contribution in [0.5, 0.6) is 23.0 Å². The predicted molar refractivity (Wildman–Crippen MR) is 96.9 cm³/mol. The summed E-state index contributed by atoms with van der Waals surface area (Å²) < 4.78 is 51.2. The van der Waals surface area contributed by atoms with Gasteiger partial charge in [-0.25, -0.2) is 16.8 Å². The van der Waals surface area contributed by atoms with Crippen molar-refractivity contribution in [1.29, 1.82) is 0 Å². The number of phenols is 4. The molecule has 28 heavy (non-hydrogen) atoms. The number of aromatic hydroxyl groups is 4. The molecule has 3 aromatic carbocycles. The van der Waals surface area contributed by atoms with Crippen molar-refractivity contribution in [3.05, 3.63) is 60.7 Å². The van der Waals surface area contributed by atoms with E-state index in [0.29, 0.717) is 0 Å². The number of benzene rings is 3. The second-order valence-corrected chi connectivity index (χ2v) is 9.62. The van der Waals surface area contributed by atoms with E-state index < -0.39 is 62.3 Å². The fraction of sp³-hybridized carbons (Fsp3) is 0. The SMILES string of the molecule is O=S(=O)(c1cccc(S(=O)(=O)c2cc(O)ccc2O)c1)c1cc(O)ccc1O. The molecule has 0 aliphatic rings. The zero-order valence-corrected chi connectivity index (χ0v) is 15.6. The molecule has 3 rings (SSSR count). The van der Waals surface area contributed by atoms with Crippen LogP contribution in [-0.4, -0.2) is 37.3 Å². The van der Waals surface area contributed by atoms with Crippen molar-refractivity contribution < 1.29 is 37.3 Å². The summed E-state index contributed by atoms with van der Waals surface area (Å²) in [4.78, 5) is -2.09. The summed E-state index contributed by atoms with van der Waals surface area (Å²) in [6, 6.07) is 10.2. The van der Waals surface area contributed by atoms with Gasteiger partial charge >= 0.3 is 0 Å². The van der Waals surface area contributed by atoms with Crippen molar-refractivity contribution in [2.75, 3.05) is 0 Å². The molecule has 0 radical (unpaired) electrons. The fourth-order valence-corrected chi connectivity index (χ4v) is 5.40. The highest BCUT2D eigenvalue weighted by Gasteiger charge is 2.27. The molecular weight excluding hydrogens is 408 g/mol. The highest BCUT2D eigenvalue weighted by Crippen LogP contribution is 2.35. The summed E-state index contributed by atoms with van der Waals surface area (Å²) >= 11 is 0. The first-order valence-corrected chi connectivity index (χ1v) is 10.6. The predicted octanol–water partition coefficient (Wildman–Crippen LogP) is 2.17. The monoisotopic (exact) mass is 422 g/mol. The summed E-state index contributed by atoms with van der Waals surface area (Å²) in [5.74, 6) is -2.02. The van der Waals surface area contributed by atoms with Gasteiger partial charge in [0.2, 0.25) is 19.7 Å². The van der Waals surface area contributed by atoms with Gasteiger partial charge in [0.25, 0.3) is 0 Å². The van der Waals surface area contributed by atoms with Gasteiger partial charge in [-0.3, -0.25) is 0 Å². The molecule has 0 amide bonds. The van der Waals surface area contributed by atoms with Gasteiger partial charge in [0.15, 0.2) is 0 Å². The van der Waals surface area contributed by atoms with E-state index >= 15 is 0 Å². The summed E-state index contributed by atoms with van der Waals surface area (Å²) in [5, 5.41) is 38.7. The summed E-state index contributed by atoms with van der Waals surface area (Å²) in [7, 11) is -8.72. The Kier molecular flexibility index (Phi) is 4.69. The Bertz CT molecular complexity index is 1180. The minimum atomic E-state index is -4.36. The zero-order valence-electron chi connectivity index (χ0n) is 14.0. The van der Waals surface area contributed by atoms with Crippen LogP contribution in [0, 0.1) is 0 Å². The topological polar surface area (TPSA) is 149 Å². The molecule has 0 fully saturated rings. The fourth-order valence-electron chi connectivity index (χ4n) is 2.50. The molecule has 0 spiro atoms. The number of phenolic OH excluding ortho intramolecular Hbond substituents is 4. The summed E-state index contributed by atoms with van der Waals surface area (Å²) in [6.45, 7) is 0. The van der Waals surface area contributed by atoms with Crippen molar-refractivity contribution in [3.8, 4) is 23.0 Å². The Balaban J connectivity index is 2.17. The van der Waals surface area contributed by atoms with Crippen LogP contribution in [0.2, 0.25) is 0 Å². The lowest BCUT2D eigenvalue weighted by Gasteiger charge is -2.10. The molecule has 0 atom stereocenters. The van der Waals surface area contributed by atoms with Crippen LogP contribution in [0.1, 0.15) is 0 Å². The highest BCUT2D eigenvalue weighted by molar-refractivity contribution is 7.92. The van der Waals surface area contributed by atoms with E-state index in [4.69, 9.17) is 0 Å². The molecule has 8 nitrogen and oxygen atoms in total. The Morgan fingerprint density at radius 3 is 1.32 bits per heavy atom. The molecular formula is C18H14O8S2. The van der Waals surface area contributed by atoms with Crippen LogP contribution in [0.25, 0.3) is 0 Å². The standard InChI is InChI=1S/C18H14O8S2/c19-11-4-6-15(21)17(8-11)27(23,24)13-2-1-3-14(10-13)28(25,26)18-9-12(20)5-7-16(18)22/h1-10,19-22H. The van der Waals surface area contributed by atoms with Gasteiger partial charge in [-0.05, 0) is 42.5 Å². The highest BCUT2D eigenvalue weighted by atomic mass is 32.2. The minimum absolute atomic E-state index is 0.398. The summed E-state index contributed by atoms with van der Waals surface area (Å²) in [6.07, 6.45) is 0. The molecule has 0 bridgehead atoms. The van der Waals surface area contributed by atoms with E-state index in [2.05, 4.69) is 0 Å². The lowest BCUT2D eigenvalue weighted by atomic mass is 10.3. The molecule has 3 aromatic rings. The van der Waals surface area contributed by atoms with E-state index in [-0.39, 0.29) is 0 Å². The van der Waals surface area contributed by atoms with Gasteiger partial charge in [0, 0.05) is 12.1 Å². The second-order valence-electron chi connectivity index (χ2n) is 5.79. The van der Waals surface area contributed by atoms with Crippen molar-refractivity contribution >= 4 is 19.7 Å². The van der Waals surface area contributed by atoms with Crippen LogP contribution < -0.4 is 0 Å². The van der Waals surface area contributed by atoms with Crippen LogP contribution in [0.3, 0.4) is 0 Å². The first kappa shape index (κ1) is 19.5. The van der Waals surface area contributed by atoms with E-state index in [1.807, 2.05) is 0 Å². The molecule has 0 saturated carbocycles. The van der Waals surface area contributed by atoms with Crippen LogP contribution in [0.4, 0.5) is 0 Å². The number of hydrogen-bond acceptors (Lipinski definition) is 8. The molecule has 0 saturated heterocycles. The largest absolute Gasteiger partial charge is 0.508 e. The van der Waals surface area contributed by atoms with E-state index in [1.54, 1.807) is 0 Å². The van der Waals surface area contributed by atoms with Crippen molar-refractivity contribution in [2.45, 2.75) is 19.6 Å². The maximum absolute atomic E-state index is 12.8. The van der Waals surface area contributed by atoms with Crippen molar-refractivity contribution in [2.24, 2.45) is 0 Å². The normalized spacial score (nSPS) is 12.0. The number of hydrogen-bond donors (Lipinski definition) is 4. The smallest absolute Gasteiger partial charge is 0.210 e. The Morgan fingerprint density at radius 1 is 0.536 bits per heavy atom. The van der Waals surface area contributed by atoms with Crippen molar-refractivity contribution in [3.63, 3.8) is 0 Å². The van der Waals surface area contributed by atoms with Gasteiger partial charge in [-0.2, -0.15) is 0 Å². The average molecular weight is 422 g/mol. The minimum Gasteiger partial charge on any atom is -0.508 e. The number of sulfone groups is 2. The molecule has 0 aromatic heterocycles. The van der Waals surface area contributed by atoms with Gasteiger partial charge in [-0.1, -0.05) is 6.07 Å². The number of rotatable bonds is 4. The Morgan fingerprint density at radius 2 is 0.929 bits per heavy atom. The van der Waals surface area contributed by atoms with Crippen LogP contribution in [-0.2, 0) is 19.7 Å². The lowest BCUT2D eigenvalue weighted by Crippen LogP contribution is -2.06. The van der Waals surface area contributed by atoms with Gasteiger partial charge in [-0.15, -0.1) is 0 Å². The molecule has 10 heteroatoms. The first-order chi connectivity index (χ1) is 13.0. The Labute approximate surface area is 160 Å². The molecule has 0 heterocycles. The Hall–Kier alpha value is -3.24. The molecule has 4 N–H and O–H groups in total. The molecule has 0 aliphatic carbocycles. The van der Waals surface area contributed by atoms with Gasteiger partial charge < -0.3 is 20.4 Å². The quantitative estimate of drug-likeness (QED) is 0.467. The van der Waals surface area contributed by atoms with E-state index in [1.165, 1.54) is 6.07 Å². The molecule has 146 valence electrons. The third kappa shape index (κ3) is 3.35. The average Bonchev–Trinajstić information content (AvgIpc) is 2.65. The second kappa shape index (κ2) is 6.73. The maximum atomic E-state index is 12.8. The maximum Gasteiger partial charge on any atom is 0.210 e. The van der Waals surface area contributed by atoms with E-state index in [0.717, 1.165) is 54.6 Å². The van der Waals surface area contributed by atoms with Crippen LogP contribution in [0.15, 0.2) is 80.2 Å².